The highest BCUT2D eigenvalue weighted by atomic mass is 79.9. The highest BCUT2D eigenvalue weighted by molar-refractivity contribution is 9.10. The zero-order valence-corrected chi connectivity index (χ0v) is 14.1. The molecule has 3 nitrogen and oxygen atoms in total. The molecule has 0 amide bonds. The minimum absolute atomic E-state index is 0.0274. The van der Waals surface area contributed by atoms with Crippen molar-refractivity contribution < 1.29 is 4.74 Å². The standard InChI is InChI=1S/C15H25BrN2O/c1-14(2,9-18-10-15(3,4)17)12-8-11(16)6-7-13(12)19-5/h6-8,18H,9-10,17H2,1-5H3. The van der Waals surface area contributed by atoms with Crippen LogP contribution in [0.15, 0.2) is 22.7 Å². The van der Waals surface area contributed by atoms with Gasteiger partial charge in [-0.25, -0.2) is 0 Å². The molecule has 0 atom stereocenters. The van der Waals surface area contributed by atoms with Crippen LogP contribution in [0, 0.1) is 0 Å². The first-order valence-electron chi connectivity index (χ1n) is 6.49. The van der Waals surface area contributed by atoms with Gasteiger partial charge >= 0.3 is 0 Å². The predicted molar refractivity (Wildman–Crippen MR) is 84.9 cm³/mol. The fourth-order valence-corrected chi connectivity index (χ4v) is 2.36. The van der Waals surface area contributed by atoms with Crippen molar-refractivity contribution in [2.75, 3.05) is 20.2 Å². The molecule has 0 aliphatic rings. The molecule has 0 bridgehead atoms. The van der Waals surface area contributed by atoms with E-state index in [1.807, 2.05) is 26.0 Å². The number of rotatable bonds is 6. The first-order valence-corrected chi connectivity index (χ1v) is 7.29. The van der Waals surface area contributed by atoms with E-state index in [1.54, 1.807) is 7.11 Å². The number of benzene rings is 1. The van der Waals surface area contributed by atoms with Crippen LogP contribution in [0.5, 0.6) is 5.75 Å². The van der Waals surface area contributed by atoms with Crippen molar-refractivity contribution in [3.8, 4) is 5.75 Å². The number of nitrogens with one attached hydrogen (secondary N) is 1. The third-order valence-corrected chi connectivity index (χ3v) is 3.53. The SMILES string of the molecule is COc1ccc(Br)cc1C(C)(C)CNCC(C)(C)N. The van der Waals surface area contributed by atoms with Crippen molar-refractivity contribution in [1.82, 2.24) is 5.32 Å². The minimum Gasteiger partial charge on any atom is -0.496 e. The quantitative estimate of drug-likeness (QED) is 0.843. The van der Waals surface area contributed by atoms with Gasteiger partial charge in [-0.1, -0.05) is 29.8 Å². The third-order valence-electron chi connectivity index (χ3n) is 3.04. The molecule has 0 saturated heterocycles. The molecule has 0 aliphatic carbocycles. The first kappa shape index (κ1) is 16.5. The molecule has 0 fully saturated rings. The van der Waals surface area contributed by atoms with Crippen LogP contribution >= 0.6 is 15.9 Å². The van der Waals surface area contributed by atoms with Gasteiger partial charge in [-0.2, -0.15) is 0 Å². The van der Waals surface area contributed by atoms with Gasteiger partial charge in [0.15, 0.2) is 0 Å². The maximum atomic E-state index is 5.99. The van der Waals surface area contributed by atoms with Gasteiger partial charge in [0.25, 0.3) is 0 Å². The minimum atomic E-state index is -0.197. The van der Waals surface area contributed by atoms with Crippen LogP contribution in [-0.4, -0.2) is 25.7 Å². The maximum Gasteiger partial charge on any atom is 0.122 e. The number of nitrogens with two attached hydrogens (primary N) is 1. The lowest BCUT2D eigenvalue weighted by molar-refractivity contribution is 0.375. The molecule has 1 rings (SSSR count). The Balaban J connectivity index is 2.84. The lowest BCUT2D eigenvalue weighted by atomic mass is 9.83. The summed E-state index contributed by atoms with van der Waals surface area (Å²) in [5.74, 6) is 0.919. The second-order valence-corrected chi connectivity index (χ2v) is 7.24. The highest BCUT2D eigenvalue weighted by Gasteiger charge is 2.25. The van der Waals surface area contributed by atoms with E-state index in [-0.39, 0.29) is 11.0 Å². The largest absolute Gasteiger partial charge is 0.496 e. The van der Waals surface area contributed by atoms with Crippen LogP contribution in [0.4, 0.5) is 0 Å². The molecular formula is C15H25BrN2O. The van der Waals surface area contributed by atoms with Gasteiger partial charge in [0.1, 0.15) is 5.75 Å². The zero-order chi connectivity index (χ0) is 14.7. The van der Waals surface area contributed by atoms with Crippen molar-refractivity contribution in [3.05, 3.63) is 28.2 Å². The number of hydrogen-bond acceptors (Lipinski definition) is 3. The van der Waals surface area contributed by atoms with E-state index < -0.39 is 0 Å². The van der Waals surface area contributed by atoms with Gasteiger partial charge in [0.2, 0.25) is 0 Å². The molecule has 0 saturated carbocycles. The molecule has 19 heavy (non-hydrogen) atoms. The fraction of sp³-hybridized carbons (Fsp3) is 0.600. The van der Waals surface area contributed by atoms with Gasteiger partial charge in [-0.05, 0) is 32.0 Å². The van der Waals surface area contributed by atoms with Crippen LogP contribution in [0.1, 0.15) is 33.3 Å². The molecule has 0 spiro atoms. The van der Waals surface area contributed by atoms with Gasteiger partial charge in [0, 0.05) is 34.1 Å². The molecule has 108 valence electrons. The second kappa shape index (κ2) is 6.25. The fourth-order valence-electron chi connectivity index (χ4n) is 2.00. The molecule has 4 heteroatoms. The van der Waals surface area contributed by atoms with E-state index in [0.717, 1.165) is 23.3 Å². The van der Waals surface area contributed by atoms with E-state index in [2.05, 4.69) is 41.2 Å². The summed E-state index contributed by atoms with van der Waals surface area (Å²) in [7, 11) is 1.71. The number of hydrogen-bond donors (Lipinski definition) is 2. The number of ether oxygens (including phenoxy) is 1. The maximum absolute atomic E-state index is 5.99. The Kier molecular flexibility index (Phi) is 5.42. The smallest absolute Gasteiger partial charge is 0.122 e. The van der Waals surface area contributed by atoms with E-state index in [1.165, 1.54) is 5.56 Å². The van der Waals surface area contributed by atoms with Crippen molar-refractivity contribution >= 4 is 15.9 Å². The lowest BCUT2D eigenvalue weighted by Crippen LogP contribution is -2.46. The summed E-state index contributed by atoms with van der Waals surface area (Å²) in [4.78, 5) is 0. The molecule has 1 aromatic carbocycles. The molecular weight excluding hydrogens is 304 g/mol. The van der Waals surface area contributed by atoms with E-state index >= 15 is 0 Å². The van der Waals surface area contributed by atoms with E-state index in [4.69, 9.17) is 10.5 Å². The summed E-state index contributed by atoms with van der Waals surface area (Å²) in [6.45, 7) is 10.1. The lowest BCUT2D eigenvalue weighted by Gasteiger charge is -2.29. The molecule has 0 aromatic heterocycles. The van der Waals surface area contributed by atoms with Gasteiger partial charge in [-0.3, -0.25) is 0 Å². The van der Waals surface area contributed by atoms with Crippen LogP contribution in [0.3, 0.4) is 0 Å². The Morgan fingerprint density at radius 1 is 1.21 bits per heavy atom. The van der Waals surface area contributed by atoms with Gasteiger partial charge in [0.05, 0.1) is 7.11 Å². The van der Waals surface area contributed by atoms with Gasteiger partial charge in [-0.15, -0.1) is 0 Å². The van der Waals surface area contributed by atoms with Crippen LogP contribution < -0.4 is 15.8 Å². The van der Waals surface area contributed by atoms with Crippen molar-refractivity contribution in [1.29, 1.82) is 0 Å². The van der Waals surface area contributed by atoms with Crippen LogP contribution in [0.2, 0.25) is 0 Å². The monoisotopic (exact) mass is 328 g/mol. The molecule has 1 aromatic rings. The normalized spacial score (nSPS) is 12.6. The first-order chi connectivity index (χ1) is 8.65. The molecule has 0 radical (unpaired) electrons. The Hall–Kier alpha value is -0.580. The third kappa shape index (κ3) is 5.13. The van der Waals surface area contributed by atoms with Crippen molar-refractivity contribution in [2.24, 2.45) is 5.73 Å². The Labute approximate surface area is 125 Å². The summed E-state index contributed by atoms with van der Waals surface area (Å²) in [6.07, 6.45) is 0. The van der Waals surface area contributed by atoms with Crippen LogP contribution in [-0.2, 0) is 5.41 Å². The van der Waals surface area contributed by atoms with Crippen molar-refractivity contribution in [3.63, 3.8) is 0 Å². The Morgan fingerprint density at radius 3 is 2.37 bits per heavy atom. The summed E-state index contributed by atoms with van der Waals surface area (Å²) in [5.41, 5.74) is 6.95. The van der Waals surface area contributed by atoms with E-state index in [0.29, 0.717) is 0 Å². The zero-order valence-electron chi connectivity index (χ0n) is 12.5. The number of halogens is 1. The summed E-state index contributed by atoms with van der Waals surface area (Å²) >= 11 is 3.52. The second-order valence-electron chi connectivity index (χ2n) is 6.32. The van der Waals surface area contributed by atoms with E-state index in [9.17, 15) is 0 Å². The molecule has 0 heterocycles. The van der Waals surface area contributed by atoms with Gasteiger partial charge < -0.3 is 15.8 Å². The number of methoxy groups -OCH3 is 1. The summed E-state index contributed by atoms with van der Waals surface area (Å²) in [6, 6.07) is 6.11. The Morgan fingerprint density at radius 2 is 1.84 bits per heavy atom. The highest BCUT2D eigenvalue weighted by Crippen LogP contribution is 2.33. The summed E-state index contributed by atoms with van der Waals surface area (Å²) < 4.78 is 6.53. The molecule has 0 unspecified atom stereocenters. The average Bonchev–Trinajstić information content (AvgIpc) is 2.27. The predicted octanol–water partition coefficient (Wildman–Crippen LogP) is 3.06. The summed E-state index contributed by atoms with van der Waals surface area (Å²) in [5, 5.41) is 3.44. The molecule has 0 aliphatic heterocycles. The molecule has 3 N–H and O–H groups in total. The average molecular weight is 329 g/mol. The Bertz CT molecular complexity index is 425. The van der Waals surface area contributed by atoms with Crippen molar-refractivity contribution in [2.45, 2.75) is 38.6 Å². The van der Waals surface area contributed by atoms with Crippen LogP contribution in [0.25, 0.3) is 0 Å². The topological polar surface area (TPSA) is 47.3 Å².